The highest BCUT2D eigenvalue weighted by Crippen LogP contribution is 2.40. The van der Waals surface area contributed by atoms with Crippen LogP contribution in [0, 0.1) is 12.7 Å². The van der Waals surface area contributed by atoms with Gasteiger partial charge < -0.3 is 13.7 Å². The number of ether oxygens (including phenoxy) is 1. The summed E-state index contributed by atoms with van der Waals surface area (Å²) in [4.78, 5) is 12.3. The summed E-state index contributed by atoms with van der Waals surface area (Å²) in [5, 5.41) is 12.3. The van der Waals surface area contributed by atoms with E-state index in [0.717, 1.165) is 5.56 Å². The molecule has 1 aliphatic carbocycles. The van der Waals surface area contributed by atoms with Crippen LogP contribution in [-0.4, -0.2) is 21.1 Å². The minimum atomic E-state index is -0.392. The van der Waals surface area contributed by atoms with Crippen LogP contribution >= 0.6 is 0 Å². The number of ketones is 1. The van der Waals surface area contributed by atoms with E-state index in [0.29, 0.717) is 33.9 Å². The number of carbonyl (C=O) groups is 1. The van der Waals surface area contributed by atoms with Crippen molar-refractivity contribution in [1.29, 1.82) is 0 Å². The molecule has 31 heavy (non-hydrogen) atoms. The molecule has 2 aromatic heterocycles. The van der Waals surface area contributed by atoms with Gasteiger partial charge >= 0.3 is 0 Å². The van der Waals surface area contributed by atoms with Gasteiger partial charge in [-0.15, -0.1) is 10.2 Å². The van der Waals surface area contributed by atoms with E-state index in [-0.39, 0.29) is 36.5 Å². The van der Waals surface area contributed by atoms with Crippen LogP contribution < -0.4 is 4.74 Å². The van der Waals surface area contributed by atoms with Crippen molar-refractivity contribution in [2.45, 2.75) is 32.8 Å². The van der Waals surface area contributed by atoms with Crippen molar-refractivity contribution in [2.75, 3.05) is 0 Å². The SMILES string of the molecule is Cc1onc(-c2ccccc2)c1-c1nnc(COc2ccc(F)c3c2C(=O)C[C@@H]3C)o1. The average molecular weight is 419 g/mol. The summed E-state index contributed by atoms with van der Waals surface area (Å²) in [6.45, 7) is 3.54. The standard InChI is InChI=1S/C23H18FN3O4/c1-12-10-16(28)21-17(9-8-15(24)19(12)21)29-11-18-25-26-23(30-18)20-13(2)31-27-22(20)14-6-4-3-5-7-14/h3-9,12H,10-11H2,1-2H3/t12-/m0/s1. The Morgan fingerprint density at radius 2 is 1.94 bits per heavy atom. The lowest BCUT2D eigenvalue weighted by molar-refractivity contribution is 0.0985. The molecular weight excluding hydrogens is 401 g/mol. The van der Waals surface area contributed by atoms with Gasteiger partial charge in [-0.1, -0.05) is 42.4 Å². The lowest BCUT2D eigenvalue weighted by Gasteiger charge is -2.10. The number of aryl methyl sites for hydroxylation is 1. The Balaban J connectivity index is 1.41. The maximum atomic E-state index is 14.2. The molecule has 0 radical (unpaired) electrons. The van der Waals surface area contributed by atoms with Crippen molar-refractivity contribution in [3.05, 3.63) is 71.1 Å². The van der Waals surface area contributed by atoms with E-state index in [1.54, 1.807) is 6.92 Å². The van der Waals surface area contributed by atoms with Gasteiger partial charge in [0, 0.05) is 17.5 Å². The van der Waals surface area contributed by atoms with E-state index in [1.807, 2.05) is 37.3 Å². The maximum Gasteiger partial charge on any atom is 0.254 e. The Labute approximate surface area is 176 Å². The van der Waals surface area contributed by atoms with Crippen molar-refractivity contribution in [3.8, 4) is 28.5 Å². The van der Waals surface area contributed by atoms with Gasteiger partial charge in [0.1, 0.15) is 28.6 Å². The van der Waals surface area contributed by atoms with Gasteiger partial charge in [0.05, 0.1) is 5.56 Å². The first-order valence-electron chi connectivity index (χ1n) is 9.85. The third-order valence-electron chi connectivity index (χ3n) is 5.36. The monoisotopic (exact) mass is 419 g/mol. The average Bonchev–Trinajstić information content (AvgIpc) is 3.46. The third-order valence-corrected chi connectivity index (χ3v) is 5.36. The number of nitrogens with zero attached hydrogens (tertiary/aromatic N) is 3. The molecule has 0 spiro atoms. The predicted molar refractivity (Wildman–Crippen MR) is 108 cm³/mol. The molecule has 0 fully saturated rings. The van der Waals surface area contributed by atoms with Crippen LogP contribution in [0.25, 0.3) is 22.7 Å². The van der Waals surface area contributed by atoms with E-state index in [1.165, 1.54) is 12.1 Å². The molecule has 0 amide bonds. The smallest absolute Gasteiger partial charge is 0.254 e. The van der Waals surface area contributed by atoms with Crippen LogP contribution in [0.5, 0.6) is 5.75 Å². The number of fused-ring (bicyclic) bond motifs is 1. The fourth-order valence-electron chi connectivity index (χ4n) is 3.92. The molecule has 1 aliphatic rings. The van der Waals surface area contributed by atoms with E-state index in [4.69, 9.17) is 13.7 Å². The zero-order chi connectivity index (χ0) is 21.5. The number of benzene rings is 2. The molecule has 4 aromatic rings. The fourth-order valence-corrected chi connectivity index (χ4v) is 3.92. The van der Waals surface area contributed by atoms with Crippen LogP contribution in [-0.2, 0) is 6.61 Å². The quantitative estimate of drug-likeness (QED) is 0.444. The van der Waals surface area contributed by atoms with Crippen molar-refractivity contribution >= 4 is 5.78 Å². The second kappa shape index (κ2) is 7.46. The molecule has 2 heterocycles. The second-order valence-corrected chi connectivity index (χ2v) is 7.48. The van der Waals surface area contributed by atoms with Crippen LogP contribution in [0.2, 0.25) is 0 Å². The summed E-state index contributed by atoms with van der Waals surface area (Å²) in [6, 6.07) is 12.3. The van der Waals surface area contributed by atoms with E-state index < -0.39 is 5.82 Å². The van der Waals surface area contributed by atoms with E-state index >= 15 is 0 Å². The Bertz CT molecular complexity index is 1280. The number of aromatic nitrogens is 3. The Morgan fingerprint density at radius 1 is 1.13 bits per heavy atom. The van der Waals surface area contributed by atoms with Gasteiger partial charge in [-0.25, -0.2) is 4.39 Å². The number of hydrogen-bond acceptors (Lipinski definition) is 7. The Hall–Kier alpha value is -3.81. The molecule has 8 heteroatoms. The Kier molecular flexibility index (Phi) is 4.62. The molecule has 156 valence electrons. The van der Waals surface area contributed by atoms with Crippen molar-refractivity contribution in [3.63, 3.8) is 0 Å². The lowest BCUT2D eigenvalue weighted by Crippen LogP contribution is -2.03. The lowest BCUT2D eigenvalue weighted by atomic mass is 10.0. The second-order valence-electron chi connectivity index (χ2n) is 7.48. The molecule has 0 bridgehead atoms. The fraction of sp³-hybridized carbons (Fsp3) is 0.217. The van der Waals surface area contributed by atoms with Crippen LogP contribution in [0.4, 0.5) is 4.39 Å². The summed E-state index contributed by atoms with van der Waals surface area (Å²) in [5.74, 6) is 0.640. The van der Waals surface area contributed by atoms with Crippen LogP contribution in [0.15, 0.2) is 51.4 Å². The van der Waals surface area contributed by atoms with Crippen molar-refractivity contribution < 1.29 is 22.9 Å². The number of hydrogen-bond donors (Lipinski definition) is 0. The topological polar surface area (TPSA) is 91.3 Å². The minimum absolute atomic E-state index is 0.0578. The first-order chi connectivity index (χ1) is 15.0. The summed E-state index contributed by atoms with van der Waals surface area (Å²) in [7, 11) is 0. The molecule has 5 rings (SSSR count). The molecular formula is C23H18FN3O4. The van der Waals surface area contributed by atoms with Gasteiger partial charge in [0.25, 0.3) is 11.8 Å². The predicted octanol–water partition coefficient (Wildman–Crippen LogP) is 5.11. The molecule has 7 nitrogen and oxygen atoms in total. The number of rotatable bonds is 5. The highest BCUT2D eigenvalue weighted by Gasteiger charge is 2.32. The first-order valence-corrected chi connectivity index (χ1v) is 9.85. The normalized spacial score (nSPS) is 15.3. The molecule has 1 atom stereocenters. The Morgan fingerprint density at radius 3 is 2.74 bits per heavy atom. The molecule has 0 saturated heterocycles. The summed E-state index contributed by atoms with van der Waals surface area (Å²) >= 11 is 0. The third kappa shape index (κ3) is 3.30. The highest BCUT2D eigenvalue weighted by atomic mass is 19.1. The molecule has 0 aliphatic heterocycles. The largest absolute Gasteiger partial charge is 0.483 e. The maximum absolute atomic E-state index is 14.2. The van der Waals surface area contributed by atoms with Crippen LogP contribution in [0.3, 0.4) is 0 Å². The number of halogens is 1. The van der Waals surface area contributed by atoms with Gasteiger partial charge in [-0.3, -0.25) is 4.79 Å². The minimum Gasteiger partial charge on any atom is -0.483 e. The molecule has 0 unspecified atom stereocenters. The van der Waals surface area contributed by atoms with Gasteiger partial charge in [0.15, 0.2) is 12.4 Å². The van der Waals surface area contributed by atoms with Crippen molar-refractivity contribution in [1.82, 2.24) is 15.4 Å². The number of carbonyl (C=O) groups excluding carboxylic acids is 1. The first kappa shape index (κ1) is 19.2. The molecule has 0 saturated carbocycles. The molecule has 2 aromatic carbocycles. The van der Waals surface area contributed by atoms with Gasteiger partial charge in [-0.05, 0) is 25.0 Å². The zero-order valence-corrected chi connectivity index (χ0v) is 16.9. The number of Topliss-reactive ketones (excluding diaryl/α,β-unsaturated/α-hetero) is 1. The van der Waals surface area contributed by atoms with Crippen molar-refractivity contribution in [2.24, 2.45) is 0 Å². The van der Waals surface area contributed by atoms with E-state index in [9.17, 15) is 9.18 Å². The summed E-state index contributed by atoms with van der Waals surface area (Å²) in [6.07, 6.45) is 0.270. The zero-order valence-electron chi connectivity index (χ0n) is 16.9. The van der Waals surface area contributed by atoms with Gasteiger partial charge in [0.2, 0.25) is 0 Å². The van der Waals surface area contributed by atoms with Gasteiger partial charge in [-0.2, -0.15) is 0 Å². The van der Waals surface area contributed by atoms with Crippen LogP contribution in [0.1, 0.15) is 46.8 Å². The molecule has 0 N–H and O–H groups in total. The summed E-state index contributed by atoms with van der Waals surface area (Å²) in [5.41, 5.74) is 2.77. The van der Waals surface area contributed by atoms with E-state index in [2.05, 4.69) is 15.4 Å². The summed E-state index contributed by atoms with van der Waals surface area (Å²) < 4.78 is 31.1. The highest BCUT2D eigenvalue weighted by molar-refractivity contribution is 6.03.